The van der Waals surface area contributed by atoms with E-state index in [4.69, 9.17) is 4.74 Å². The fraction of sp³-hybridized carbons (Fsp3) is 0.185. The molecule has 2 atom stereocenters. The number of hydrogen-bond donors (Lipinski definition) is 1. The minimum Gasteiger partial charge on any atom is -0.448 e. The number of aryl methyl sites for hydroxylation is 1. The van der Waals surface area contributed by atoms with Crippen molar-refractivity contribution in [2.24, 2.45) is 7.05 Å². The van der Waals surface area contributed by atoms with E-state index in [1.54, 1.807) is 10.9 Å². The summed E-state index contributed by atoms with van der Waals surface area (Å²) in [5.41, 5.74) is 2.79. The molecule has 2 aliphatic rings. The number of ether oxygens (including phenoxy) is 1. The van der Waals surface area contributed by atoms with Gasteiger partial charge in [0, 0.05) is 29.5 Å². The van der Waals surface area contributed by atoms with Crippen LogP contribution in [0.3, 0.4) is 0 Å². The molecule has 1 aromatic heterocycles. The highest BCUT2D eigenvalue weighted by Crippen LogP contribution is 2.44. The number of amides is 2. The van der Waals surface area contributed by atoms with Crippen molar-refractivity contribution in [1.82, 2.24) is 20.0 Å². The van der Waals surface area contributed by atoms with Gasteiger partial charge >= 0.3 is 5.97 Å². The second-order valence-corrected chi connectivity index (χ2v) is 10.5. The van der Waals surface area contributed by atoms with Crippen molar-refractivity contribution in [2.75, 3.05) is 5.75 Å². The van der Waals surface area contributed by atoms with E-state index in [0.717, 1.165) is 16.7 Å². The number of benzene rings is 2. The minimum atomic E-state index is -0.665. The maximum absolute atomic E-state index is 13.8. The van der Waals surface area contributed by atoms with Crippen molar-refractivity contribution in [1.29, 1.82) is 0 Å². The zero-order valence-electron chi connectivity index (χ0n) is 19.9. The minimum absolute atomic E-state index is 0.218. The van der Waals surface area contributed by atoms with Gasteiger partial charge in [0.2, 0.25) is 6.41 Å². The van der Waals surface area contributed by atoms with Gasteiger partial charge in [-0.3, -0.25) is 19.2 Å². The smallest absolute Gasteiger partial charge is 0.356 e. The SMILES string of the molecule is Cn1cc(/C=C\SC2=C(C(=O)OC(c3ccccc3)c3ccccc3)N3C(=O)[C@@H](NC=O)[C@H]3SC2)cn1. The third-order valence-electron chi connectivity index (χ3n) is 6.00. The predicted octanol–water partition coefficient (Wildman–Crippen LogP) is 3.70. The molecule has 0 bridgehead atoms. The molecule has 10 heteroatoms. The summed E-state index contributed by atoms with van der Waals surface area (Å²) < 4.78 is 7.82. The molecule has 0 aliphatic carbocycles. The molecule has 3 heterocycles. The molecular weight excluding hydrogens is 508 g/mol. The van der Waals surface area contributed by atoms with Gasteiger partial charge in [-0.25, -0.2) is 4.79 Å². The third kappa shape index (κ3) is 5.21. The highest BCUT2D eigenvalue weighted by atomic mass is 32.2. The Morgan fingerprint density at radius 1 is 1.16 bits per heavy atom. The number of hydrogen-bond acceptors (Lipinski definition) is 7. The average Bonchev–Trinajstić information content (AvgIpc) is 3.35. The van der Waals surface area contributed by atoms with Crippen LogP contribution >= 0.6 is 23.5 Å². The summed E-state index contributed by atoms with van der Waals surface area (Å²) >= 11 is 2.87. The van der Waals surface area contributed by atoms with Crippen LogP contribution in [0.2, 0.25) is 0 Å². The van der Waals surface area contributed by atoms with Crippen molar-refractivity contribution in [3.05, 3.63) is 106 Å². The molecule has 2 aromatic carbocycles. The number of β-lactam (4-membered cyclic amide) rings is 1. The molecule has 1 N–H and O–H groups in total. The first-order valence-electron chi connectivity index (χ1n) is 11.6. The summed E-state index contributed by atoms with van der Waals surface area (Å²) in [5, 5.41) is 8.24. The average molecular weight is 533 g/mol. The monoisotopic (exact) mass is 532 g/mol. The Balaban J connectivity index is 1.47. The molecule has 0 radical (unpaired) electrons. The van der Waals surface area contributed by atoms with Crippen molar-refractivity contribution in [3.8, 4) is 0 Å². The highest BCUT2D eigenvalue weighted by molar-refractivity contribution is 8.08. The van der Waals surface area contributed by atoms with Gasteiger partial charge in [0.05, 0.1) is 6.20 Å². The van der Waals surface area contributed by atoms with E-state index in [1.165, 1.54) is 28.4 Å². The van der Waals surface area contributed by atoms with Crippen molar-refractivity contribution in [2.45, 2.75) is 17.5 Å². The van der Waals surface area contributed by atoms with E-state index in [9.17, 15) is 14.4 Å². The number of thioether (sulfide) groups is 2. The maximum Gasteiger partial charge on any atom is 0.356 e. The molecule has 37 heavy (non-hydrogen) atoms. The maximum atomic E-state index is 13.8. The Hall–Kier alpha value is -3.76. The summed E-state index contributed by atoms with van der Waals surface area (Å²) in [6.07, 6.45) is 5.39. The van der Waals surface area contributed by atoms with Gasteiger partial charge in [-0.1, -0.05) is 72.4 Å². The van der Waals surface area contributed by atoms with Crippen LogP contribution in [-0.2, 0) is 26.2 Å². The number of carbonyl (C=O) groups excluding carboxylic acids is 3. The van der Waals surface area contributed by atoms with Crippen LogP contribution in [0.15, 0.2) is 89.1 Å². The molecular formula is C27H24N4O4S2. The van der Waals surface area contributed by atoms with Crippen LogP contribution in [0.5, 0.6) is 0 Å². The number of nitrogens with zero attached hydrogens (tertiary/aromatic N) is 3. The normalized spacial score (nSPS) is 19.1. The van der Waals surface area contributed by atoms with E-state index in [2.05, 4.69) is 10.4 Å². The van der Waals surface area contributed by atoms with E-state index in [0.29, 0.717) is 17.1 Å². The summed E-state index contributed by atoms with van der Waals surface area (Å²) in [6.45, 7) is 0. The fourth-order valence-electron chi connectivity index (χ4n) is 4.23. The molecule has 1 saturated heterocycles. The first kappa shape index (κ1) is 24.9. The molecule has 3 aromatic rings. The zero-order valence-corrected chi connectivity index (χ0v) is 21.5. The third-order valence-corrected chi connectivity index (χ3v) is 8.36. The Morgan fingerprint density at radius 3 is 2.43 bits per heavy atom. The first-order valence-corrected chi connectivity index (χ1v) is 13.5. The van der Waals surface area contributed by atoms with Gasteiger partial charge in [-0.2, -0.15) is 5.10 Å². The van der Waals surface area contributed by atoms with Crippen molar-refractivity contribution < 1.29 is 19.1 Å². The van der Waals surface area contributed by atoms with Gasteiger partial charge in [0.15, 0.2) is 6.10 Å². The summed E-state index contributed by atoms with van der Waals surface area (Å²) in [7, 11) is 1.84. The van der Waals surface area contributed by atoms with Gasteiger partial charge in [0.25, 0.3) is 5.91 Å². The van der Waals surface area contributed by atoms with E-state index in [-0.39, 0.29) is 17.0 Å². The lowest BCUT2D eigenvalue weighted by atomic mass is 10.0. The highest BCUT2D eigenvalue weighted by Gasteiger charge is 2.54. The van der Waals surface area contributed by atoms with Crippen LogP contribution in [0.4, 0.5) is 0 Å². The van der Waals surface area contributed by atoms with Crippen LogP contribution in [-0.4, -0.2) is 50.1 Å². The van der Waals surface area contributed by atoms with Gasteiger partial charge in [-0.15, -0.1) is 11.8 Å². The molecule has 0 unspecified atom stereocenters. The standard InChI is InChI=1S/C27H24N4O4S2/c1-30-15-18(14-29-30)12-13-36-21-16-37-26-22(28-17-32)25(33)31(26)23(21)27(34)35-24(19-8-4-2-5-9-19)20-10-6-3-7-11-20/h2-15,17,22,24,26H,16H2,1H3,(H,28,32)/b13-12-/t22-,26-/m1/s1. The molecule has 5 rings (SSSR count). The van der Waals surface area contributed by atoms with Crippen molar-refractivity contribution in [3.63, 3.8) is 0 Å². The Bertz CT molecular complexity index is 1320. The number of carbonyl (C=O) groups is 3. The van der Waals surface area contributed by atoms with E-state index in [1.807, 2.05) is 85.4 Å². The molecule has 0 saturated carbocycles. The molecule has 0 spiro atoms. The molecule has 8 nitrogen and oxygen atoms in total. The van der Waals surface area contributed by atoms with Gasteiger partial charge in [0.1, 0.15) is 17.1 Å². The molecule has 2 amide bonds. The Morgan fingerprint density at radius 2 is 1.84 bits per heavy atom. The lowest BCUT2D eigenvalue weighted by Crippen LogP contribution is -2.69. The quantitative estimate of drug-likeness (QED) is 0.255. The Kier molecular flexibility index (Phi) is 7.47. The second-order valence-electron chi connectivity index (χ2n) is 8.42. The lowest BCUT2D eigenvalue weighted by Gasteiger charge is -2.49. The van der Waals surface area contributed by atoms with Crippen LogP contribution < -0.4 is 5.32 Å². The summed E-state index contributed by atoms with van der Waals surface area (Å²) in [5.74, 6) is -0.418. The Labute approximate surface area is 222 Å². The number of nitrogens with one attached hydrogen (secondary N) is 1. The largest absolute Gasteiger partial charge is 0.448 e. The summed E-state index contributed by atoms with van der Waals surface area (Å²) in [4.78, 5) is 40.0. The topological polar surface area (TPSA) is 93.5 Å². The molecule has 1 fully saturated rings. The molecule has 2 aliphatic heterocycles. The number of aromatic nitrogens is 2. The summed E-state index contributed by atoms with van der Waals surface area (Å²) in [6, 6.07) is 18.3. The first-order chi connectivity index (χ1) is 18.1. The number of fused-ring (bicyclic) bond motifs is 1. The number of esters is 1. The van der Waals surface area contributed by atoms with Crippen LogP contribution in [0.25, 0.3) is 6.08 Å². The zero-order chi connectivity index (χ0) is 25.8. The van der Waals surface area contributed by atoms with E-state index >= 15 is 0 Å². The van der Waals surface area contributed by atoms with Crippen molar-refractivity contribution >= 4 is 47.9 Å². The van der Waals surface area contributed by atoms with Crippen LogP contribution in [0.1, 0.15) is 22.8 Å². The fourth-order valence-corrected chi connectivity index (χ4v) is 6.60. The predicted molar refractivity (Wildman–Crippen MR) is 144 cm³/mol. The second kappa shape index (κ2) is 11.1. The molecule has 188 valence electrons. The number of rotatable bonds is 9. The van der Waals surface area contributed by atoms with Gasteiger partial charge in [-0.05, 0) is 22.6 Å². The van der Waals surface area contributed by atoms with Crippen LogP contribution in [0, 0.1) is 0 Å². The van der Waals surface area contributed by atoms with Gasteiger partial charge < -0.3 is 10.1 Å². The lowest BCUT2D eigenvalue weighted by molar-refractivity contribution is -0.154. The van der Waals surface area contributed by atoms with E-state index < -0.39 is 18.1 Å².